The molecule has 0 spiro atoms. The Morgan fingerprint density at radius 2 is 1.68 bits per heavy atom. The van der Waals surface area contributed by atoms with Crippen LogP contribution in [-0.2, 0) is 10.0 Å². The molecule has 1 aliphatic heterocycles. The Morgan fingerprint density at radius 3 is 2.36 bits per heavy atom. The highest BCUT2D eigenvalue weighted by Gasteiger charge is 2.16. The second kappa shape index (κ2) is 8.04. The van der Waals surface area contributed by atoms with Gasteiger partial charge in [-0.3, -0.25) is 4.72 Å². The number of rotatable bonds is 5. The third kappa shape index (κ3) is 4.27. The fourth-order valence-electron chi connectivity index (χ4n) is 3.16. The van der Waals surface area contributed by atoms with Crippen molar-refractivity contribution >= 4 is 44.1 Å². The van der Waals surface area contributed by atoms with Gasteiger partial charge in [0, 0.05) is 27.9 Å². The molecule has 0 unspecified atom stereocenters. The molecule has 0 saturated carbocycles. The largest absolute Gasteiger partial charge is 0.355 e. The molecule has 0 aliphatic carbocycles. The molecule has 8 heteroatoms. The minimum Gasteiger partial charge on any atom is -0.355 e. The number of nitrogens with zero attached hydrogens (tertiary/aromatic N) is 3. The van der Waals surface area contributed by atoms with Gasteiger partial charge >= 0.3 is 0 Å². The predicted octanol–water partition coefficient (Wildman–Crippen LogP) is 4.15. The second-order valence-corrected chi connectivity index (χ2v) is 9.54. The van der Waals surface area contributed by atoms with Crippen LogP contribution in [0.2, 0.25) is 0 Å². The Morgan fingerprint density at radius 1 is 0.929 bits per heavy atom. The number of hydrogen-bond donors (Lipinski definition) is 1. The highest BCUT2D eigenvalue weighted by Crippen LogP contribution is 2.25. The van der Waals surface area contributed by atoms with Crippen LogP contribution in [0.15, 0.2) is 65.6 Å². The Bertz CT molecular complexity index is 1060. The van der Waals surface area contributed by atoms with Crippen LogP contribution in [0.3, 0.4) is 0 Å². The zero-order chi connectivity index (χ0) is 19.6. The van der Waals surface area contributed by atoms with Gasteiger partial charge in [0.15, 0.2) is 5.82 Å². The van der Waals surface area contributed by atoms with Crippen molar-refractivity contribution in [3.8, 4) is 11.3 Å². The van der Waals surface area contributed by atoms with Gasteiger partial charge in [0.05, 0.1) is 10.6 Å². The summed E-state index contributed by atoms with van der Waals surface area (Å²) in [7, 11) is -3.64. The van der Waals surface area contributed by atoms with Crippen molar-refractivity contribution in [2.75, 3.05) is 22.7 Å². The first-order valence-corrected chi connectivity index (χ1v) is 11.5. The number of nitrogens with one attached hydrogen (secondary N) is 1. The number of halogens is 1. The summed E-state index contributed by atoms with van der Waals surface area (Å²) in [6.45, 7) is 2.04. The standard InChI is InChI=1S/C20H19IN4O2S/c21-16-6-8-18(9-7-16)28(26,27)24-17-5-3-4-15(14-17)19-10-11-20(23-22-19)25-12-1-2-13-25/h3-11,14,24H,1-2,12-13H2. The van der Waals surface area contributed by atoms with Crippen LogP contribution >= 0.6 is 22.6 Å². The average molecular weight is 506 g/mol. The molecule has 0 bridgehead atoms. The van der Waals surface area contributed by atoms with Crippen molar-refractivity contribution in [1.29, 1.82) is 0 Å². The lowest BCUT2D eigenvalue weighted by atomic mass is 10.1. The molecule has 28 heavy (non-hydrogen) atoms. The van der Waals surface area contributed by atoms with Crippen molar-refractivity contribution in [3.05, 3.63) is 64.2 Å². The fraction of sp³-hybridized carbons (Fsp3) is 0.200. The van der Waals surface area contributed by atoms with E-state index in [-0.39, 0.29) is 4.90 Å². The van der Waals surface area contributed by atoms with E-state index in [1.54, 1.807) is 42.5 Å². The van der Waals surface area contributed by atoms with Gasteiger partial charge < -0.3 is 4.90 Å². The lowest BCUT2D eigenvalue weighted by Crippen LogP contribution is -2.19. The van der Waals surface area contributed by atoms with Crippen molar-refractivity contribution in [2.45, 2.75) is 17.7 Å². The van der Waals surface area contributed by atoms with Crippen molar-refractivity contribution in [2.24, 2.45) is 0 Å². The van der Waals surface area contributed by atoms with E-state index in [2.05, 4.69) is 42.4 Å². The van der Waals surface area contributed by atoms with Crippen molar-refractivity contribution in [1.82, 2.24) is 10.2 Å². The van der Waals surface area contributed by atoms with Crippen LogP contribution in [0, 0.1) is 3.57 Å². The van der Waals surface area contributed by atoms with Gasteiger partial charge in [-0.2, -0.15) is 0 Å². The topological polar surface area (TPSA) is 75.2 Å². The van der Waals surface area contributed by atoms with Gasteiger partial charge in [0.1, 0.15) is 0 Å². The molecule has 1 aromatic heterocycles. The third-order valence-corrected chi connectivity index (χ3v) is 6.73. The molecule has 6 nitrogen and oxygen atoms in total. The number of anilines is 2. The van der Waals surface area contributed by atoms with Gasteiger partial charge in [-0.05, 0) is 84.0 Å². The first-order chi connectivity index (χ1) is 13.5. The minimum absolute atomic E-state index is 0.230. The zero-order valence-electron chi connectivity index (χ0n) is 15.0. The molecule has 1 aliphatic rings. The Labute approximate surface area is 178 Å². The van der Waals surface area contributed by atoms with Gasteiger partial charge in [-0.15, -0.1) is 10.2 Å². The summed E-state index contributed by atoms with van der Waals surface area (Å²) in [6, 6.07) is 17.8. The van der Waals surface area contributed by atoms with E-state index in [0.29, 0.717) is 11.4 Å². The highest BCUT2D eigenvalue weighted by molar-refractivity contribution is 14.1. The summed E-state index contributed by atoms with van der Waals surface area (Å²) in [5.41, 5.74) is 2.00. The molecule has 2 aromatic carbocycles. The molecule has 0 radical (unpaired) electrons. The van der Waals surface area contributed by atoms with Crippen LogP contribution in [0.25, 0.3) is 11.3 Å². The summed E-state index contributed by atoms with van der Waals surface area (Å²) in [4.78, 5) is 2.45. The van der Waals surface area contributed by atoms with Crippen LogP contribution in [0.1, 0.15) is 12.8 Å². The summed E-state index contributed by atoms with van der Waals surface area (Å²) in [5, 5.41) is 8.66. The van der Waals surface area contributed by atoms with Crippen LogP contribution < -0.4 is 9.62 Å². The summed E-state index contributed by atoms with van der Waals surface area (Å²) >= 11 is 2.14. The molecular formula is C20H19IN4O2S. The van der Waals surface area contributed by atoms with E-state index >= 15 is 0 Å². The molecule has 1 fully saturated rings. The predicted molar refractivity (Wildman–Crippen MR) is 119 cm³/mol. The molecule has 4 rings (SSSR count). The van der Waals surface area contributed by atoms with E-state index in [1.165, 1.54) is 12.8 Å². The lowest BCUT2D eigenvalue weighted by molar-refractivity contribution is 0.601. The molecule has 144 valence electrons. The number of hydrogen-bond acceptors (Lipinski definition) is 5. The number of sulfonamides is 1. The smallest absolute Gasteiger partial charge is 0.261 e. The summed E-state index contributed by atoms with van der Waals surface area (Å²) in [6.07, 6.45) is 2.37. The van der Waals surface area contributed by atoms with Crippen LogP contribution in [0.5, 0.6) is 0 Å². The van der Waals surface area contributed by atoms with Gasteiger partial charge in [0.2, 0.25) is 0 Å². The summed E-state index contributed by atoms with van der Waals surface area (Å²) in [5.74, 6) is 0.886. The molecule has 3 aromatic rings. The first-order valence-electron chi connectivity index (χ1n) is 8.99. The maximum Gasteiger partial charge on any atom is 0.261 e. The zero-order valence-corrected chi connectivity index (χ0v) is 18.0. The first kappa shape index (κ1) is 19.1. The molecule has 2 heterocycles. The van der Waals surface area contributed by atoms with Gasteiger partial charge in [0.25, 0.3) is 10.0 Å². The molecular weight excluding hydrogens is 487 g/mol. The van der Waals surface area contributed by atoms with Crippen molar-refractivity contribution in [3.63, 3.8) is 0 Å². The maximum atomic E-state index is 12.6. The average Bonchev–Trinajstić information content (AvgIpc) is 3.23. The summed E-state index contributed by atoms with van der Waals surface area (Å²) < 4.78 is 28.8. The fourth-order valence-corrected chi connectivity index (χ4v) is 4.57. The Kier molecular flexibility index (Phi) is 5.49. The maximum absolute atomic E-state index is 12.6. The Balaban J connectivity index is 1.55. The Hall–Kier alpha value is -2.20. The van der Waals surface area contributed by atoms with Crippen molar-refractivity contribution < 1.29 is 8.42 Å². The van der Waals surface area contributed by atoms with E-state index < -0.39 is 10.0 Å². The molecule has 1 N–H and O–H groups in total. The second-order valence-electron chi connectivity index (χ2n) is 6.61. The molecule has 0 amide bonds. The van der Waals surface area contributed by atoms with E-state index in [1.807, 2.05) is 18.2 Å². The third-order valence-electron chi connectivity index (χ3n) is 4.62. The minimum atomic E-state index is -3.64. The van der Waals surface area contributed by atoms with E-state index in [4.69, 9.17) is 0 Å². The van der Waals surface area contributed by atoms with E-state index in [9.17, 15) is 8.42 Å². The number of benzene rings is 2. The highest BCUT2D eigenvalue weighted by atomic mass is 127. The number of aromatic nitrogens is 2. The van der Waals surface area contributed by atoms with E-state index in [0.717, 1.165) is 28.0 Å². The van der Waals surface area contributed by atoms with Crippen LogP contribution in [0.4, 0.5) is 11.5 Å². The normalized spacial score (nSPS) is 14.2. The van der Waals surface area contributed by atoms with Gasteiger partial charge in [-0.1, -0.05) is 12.1 Å². The lowest BCUT2D eigenvalue weighted by Gasteiger charge is -2.15. The van der Waals surface area contributed by atoms with Crippen LogP contribution in [-0.4, -0.2) is 31.7 Å². The quantitative estimate of drug-likeness (QED) is 0.527. The van der Waals surface area contributed by atoms with Gasteiger partial charge in [-0.25, -0.2) is 8.42 Å². The SMILES string of the molecule is O=S(=O)(Nc1cccc(-c2ccc(N3CCCC3)nn2)c1)c1ccc(I)cc1. The molecule has 1 saturated heterocycles. The molecule has 0 atom stereocenters. The monoisotopic (exact) mass is 506 g/mol.